The van der Waals surface area contributed by atoms with Crippen LogP contribution in [0.2, 0.25) is 0 Å². The normalized spacial score (nSPS) is 19.7. The Morgan fingerprint density at radius 1 is 1.41 bits per heavy atom. The Kier molecular flexibility index (Phi) is 5.95. The maximum absolute atomic E-state index is 12.2. The molecule has 0 aliphatic carbocycles. The Labute approximate surface area is 133 Å². The van der Waals surface area contributed by atoms with Crippen molar-refractivity contribution in [2.45, 2.75) is 43.5 Å². The van der Waals surface area contributed by atoms with E-state index in [1.807, 2.05) is 6.07 Å². The third kappa shape index (κ3) is 4.54. The van der Waals surface area contributed by atoms with Crippen molar-refractivity contribution in [2.75, 3.05) is 19.6 Å². The highest BCUT2D eigenvalue weighted by molar-refractivity contribution is 7.89. The van der Waals surface area contributed by atoms with E-state index >= 15 is 0 Å². The van der Waals surface area contributed by atoms with E-state index in [1.165, 1.54) is 31.4 Å². The van der Waals surface area contributed by atoms with Crippen LogP contribution in [0, 0.1) is 11.3 Å². The summed E-state index contributed by atoms with van der Waals surface area (Å²) in [5, 5.41) is 8.84. The number of hydrogen-bond acceptors (Lipinski definition) is 4. The van der Waals surface area contributed by atoms with Gasteiger partial charge < -0.3 is 4.90 Å². The van der Waals surface area contributed by atoms with Gasteiger partial charge in [0.15, 0.2) is 0 Å². The maximum Gasteiger partial charge on any atom is 0.240 e. The summed E-state index contributed by atoms with van der Waals surface area (Å²) in [6.45, 7) is 4.68. The summed E-state index contributed by atoms with van der Waals surface area (Å²) < 4.78 is 27.0. The van der Waals surface area contributed by atoms with Gasteiger partial charge in [0.05, 0.1) is 16.5 Å². The van der Waals surface area contributed by atoms with E-state index in [2.05, 4.69) is 16.5 Å². The van der Waals surface area contributed by atoms with E-state index in [9.17, 15) is 8.42 Å². The quantitative estimate of drug-likeness (QED) is 0.814. The van der Waals surface area contributed by atoms with Gasteiger partial charge in [0, 0.05) is 12.6 Å². The second kappa shape index (κ2) is 7.73. The first-order valence-corrected chi connectivity index (χ1v) is 9.25. The van der Waals surface area contributed by atoms with Gasteiger partial charge in [-0.25, -0.2) is 13.1 Å². The highest BCUT2D eigenvalue weighted by Gasteiger charge is 2.18. The first-order valence-electron chi connectivity index (χ1n) is 7.77. The number of nitrogens with zero attached hydrogens (tertiary/aromatic N) is 2. The summed E-state index contributed by atoms with van der Waals surface area (Å²) in [7, 11) is -3.53. The summed E-state index contributed by atoms with van der Waals surface area (Å²) in [6.07, 6.45) is 4.55. The minimum absolute atomic E-state index is 0.151. The third-order valence-electron chi connectivity index (χ3n) is 4.13. The fraction of sp³-hybridized carbons (Fsp3) is 0.562. The summed E-state index contributed by atoms with van der Waals surface area (Å²) >= 11 is 0. The molecule has 1 saturated heterocycles. The van der Waals surface area contributed by atoms with Gasteiger partial charge in [0.2, 0.25) is 10.0 Å². The molecule has 1 N–H and O–H groups in total. The first-order chi connectivity index (χ1) is 10.5. The fourth-order valence-electron chi connectivity index (χ4n) is 2.79. The van der Waals surface area contributed by atoms with Crippen molar-refractivity contribution in [3.63, 3.8) is 0 Å². The van der Waals surface area contributed by atoms with Crippen molar-refractivity contribution in [1.29, 1.82) is 5.26 Å². The molecule has 1 aliphatic rings. The lowest BCUT2D eigenvalue weighted by atomic mass is 10.0. The second-order valence-electron chi connectivity index (χ2n) is 5.77. The number of likely N-dealkylation sites (tertiary alicyclic amines) is 1. The molecule has 1 unspecified atom stereocenters. The van der Waals surface area contributed by atoms with E-state index in [4.69, 9.17) is 5.26 Å². The molecule has 0 amide bonds. The summed E-state index contributed by atoms with van der Waals surface area (Å²) in [5.74, 6) is 0. The zero-order valence-electron chi connectivity index (χ0n) is 13.0. The second-order valence-corrected chi connectivity index (χ2v) is 7.54. The average Bonchev–Trinajstić information content (AvgIpc) is 2.53. The number of nitriles is 1. The van der Waals surface area contributed by atoms with Crippen LogP contribution in [0.1, 0.15) is 38.2 Å². The molecule has 1 heterocycles. The van der Waals surface area contributed by atoms with Crippen LogP contribution in [0.4, 0.5) is 0 Å². The molecule has 120 valence electrons. The van der Waals surface area contributed by atoms with Crippen molar-refractivity contribution >= 4 is 10.0 Å². The molecule has 1 aromatic rings. The largest absolute Gasteiger partial charge is 0.301 e. The van der Waals surface area contributed by atoms with Crippen LogP contribution in [0.3, 0.4) is 0 Å². The molecule has 0 spiro atoms. The van der Waals surface area contributed by atoms with Crippen LogP contribution in [0.25, 0.3) is 0 Å². The highest BCUT2D eigenvalue weighted by Crippen LogP contribution is 2.16. The van der Waals surface area contributed by atoms with Crippen molar-refractivity contribution in [1.82, 2.24) is 9.62 Å². The molecule has 0 saturated carbocycles. The molecule has 1 atom stereocenters. The minimum atomic E-state index is -3.53. The maximum atomic E-state index is 12.2. The molecule has 1 aromatic carbocycles. The minimum Gasteiger partial charge on any atom is -0.301 e. The number of nitrogens with one attached hydrogen (secondary N) is 1. The summed E-state index contributed by atoms with van der Waals surface area (Å²) in [6, 6.07) is 8.64. The number of piperidine rings is 1. The SMILES string of the molecule is CC1CCCCN1CCCNS(=O)(=O)c1cccc(C#N)c1. The molecule has 22 heavy (non-hydrogen) atoms. The van der Waals surface area contributed by atoms with Crippen molar-refractivity contribution < 1.29 is 8.42 Å². The van der Waals surface area contributed by atoms with Gasteiger partial charge in [0.1, 0.15) is 0 Å². The summed E-state index contributed by atoms with van der Waals surface area (Å²) in [5.41, 5.74) is 0.352. The van der Waals surface area contributed by atoms with E-state index in [0.29, 0.717) is 18.2 Å². The number of hydrogen-bond donors (Lipinski definition) is 1. The molecule has 1 aliphatic heterocycles. The molecule has 6 heteroatoms. The van der Waals surface area contributed by atoms with Crippen molar-refractivity contribution in [3.8, 4) is 6.07 Å². The molecule has 0 bridgehead atoms. The highest BCUT2D eigenvalue weighted by atomic mass is 32.2. The van der Waals surface area contributed by atoms with Gasteiger partial charge in [-0.3, -0.25) is 0 Å². The lowest BCUT2D eigenvalue weighted by Gasteiger charge is -2.33. The molecule has 5 nitrogen and oxygen atoms in total. The van der Waals surface area contributed by atoms with Gasteiger partial charge >= 0.3 is 0 Å². The van der Waals surface area contributed by atoms with Crippen molar-refractivity contribution in [2.24, 2.45) is 0 Å². The number of rotatable bonds is 6. The van der Waals surface area contributed by atoms with Gasteiger partial charge in [-0.15, -0.1) is 0 Å². The average molecular weight is 321 g/mol. The monoisotopic (exact) mass is 321 g/mol. The summed E-state index contributed by atoms with van der Waals surface area (Å²) in [4.78, 5) is 2.58. The number of sulfonamides is 1. The van der Waals surface area contributed by atoms with E-state index in [1.54, 1.807) is 12.1 Å². The van der Waals surface area contributed by atoms with Crippen LogP contribution in [0.5, 0.6) is 0 Å². The zero-order valence-corrected chi connectivity index (χ0v) is 13.8. The molecule has 0 radical (unpaired) electrons. The first kappa shape index (κ1) is 16.9. The molecule has 1 fully saturated rings. The van der Waals surface area contributed by atoms with E-state index in [0.717, 1.165) is 19.5 Å². The fourth-order valence-corrected chi connectivity index (χ4v) is 3.91. The predicted octanol–water partition coefficient (Wildman–Crippen LogP) is 2.10. The third-order valence-corrected chi connectivity index (χ3v) is 5.59. The Hall–Kier alpha value is -1.42. The Bertz CT molecular complexity index is 637. The standard InChI is InChI=1S/C16H23N3O2S/c1-14-6-2-3-10-19(14)11-5-9-18-22(20,21)16-8-4-7-15(12-16)13-17/h4,7-8,12,14,18H,2-3,5-6,9-11H2,1H3. The smallest absolute Gasteiger partial charge is 0.240 e. The van der Waals surface area contributed by atoms with Crippen LogP contribution in [-0.2, 0) is 10.0 Å². The Balaban J connectivity index is 1.83. The van der Waals surface area contributed by atoms with E-state index in [-0.39, 0.29) is 4.90 Å². The predicted molar refractivity (Wildman–Crippen MR) is 85.8 cm³/mol. The van der Waals surface area contributed by atoms with Crippen LogP contribution in [0.15, 0.2) is 29.2 Å². The lowest BCUT2D eigenvalue weighted by Crippen LogP contribution is -2.39. The Morgan fingerprint density at radius 3 is 2.95 bits per heavy atom. The molecule has 0 aromatic heterocycles. The van der Waals surface area contributed by atoms with Crippen LogP contribution in [-0.4, -0.2) is 39.0 Å². The van der Waals surface area contributed by atoms with Crippen LogP contribution < -0.4 is 4.72 Å². The topological polar surface area (TPSA) is 73.2 Å². The number of benzene rings is 1. The van der Waals surface area contributed by atoms with Gasteiger partial charge in [-0.05, 0) is 57.5 Å². The van der Waals surface area contributed by atoms with E-state index < -0.39 is 10.0 Å². The lowest BCUT2D eigenvalue weighted by molar-refractivity contribution is 0.159. The molecular formula is C16H23N3O2S. The zero-order chi connectivity index (χ0) is 16.0. The Morgan fingerprint density at radius 2 is 2.23 bits per heavy atom. The van der Waals surface area contributed by atoms with Gasteiger partial charge in [0.25, 0.3) is 0 Å². The van der Waals surface area contributed by atoms with Gasteiger partial charge in [-0.2, -0.15) is 5.26 Å². The van der Waals surface area contributed by atoms with Crippen LogP contribution >= 0.6 is 0 Å². The molecular weight excluding hydrogens is 298 g/mol. The van der Waals surface area contributed by atoms with Gasteiger partial charge in [-0.1, -0.05) is 12.5 Å². The van der Waals surface area contributed by atoms with Crippen molar-refractivity contribution in [3.05, 3.63) is 29.8 Å². The molecule has 2 rings (SSSR count).